The van der Waals surface area contributed by atoms with E-state index in [9.17, 15) is 5.11 Å². The van der Waals surface area contributed by atoms with Crippen LogP contribution in [0.2, 0.25) is 0 Å². The predicted octanol–water partition coefficient (Wildman–Crippen LogP) is 1.56. The van der Waals surface area contributed by atoms with Crippen molar-refractivity contribution in [2.75, 3.05) is 19.0 Å². The summed E-state index contributed by atoms with van der Waals surface area (Å²) >= 11 is 3.30. The lowest BCUT2D eigenvalue weighted by Gasteiger charge is -2.07. The SMILES string of the molecule is COCCC(O)CCCBr. The first-order valence-electron chi connectivity index (χ1n) is 3.54. The van der Waals surface area contributed by atoms with Gasteiger partial charge in [0.15, 0.2) is 0 Å². The average Bonchev–Trinajstić information content (AvgIpc) is 1.97. The third kappa shape index (κ3) is 6.52. The Labute approximate surface area is 70.7 Å². The van der Waals surface area contributed by atoms with Gasteiger partial charge in [-0.3, -0.25) is 0 Å². The summed E-state index contributed by atoms with van der Waals surface area (Å²) in [4.78, 5) is 0. The van der Waals surface area contributed by atoms with E-state index in [0.29, 0.717) is 6.61 Å². The Morgan fingerprint density at radius 3 is 2.70 bits per heavy atom. The Bertz CT molecular complexity index is 60.6. The standard InChI is InChI=1S/C7H15BrO2/c1-10-6-4-7(9)3-2-5-8/h7,9H,2-6H2,1H3. The molecule has 0 spiro atoms. The number of hydrogen-bond acceptors (Lipinski definition) is 2. The van der Waals surface area contributed by atoms with Crippen LogP contribution in [0.3, 0.4) is 0 Å². The fourth-order valence-corrected chi connectivity index (χ4v) is 1.03. The Morgan fingerprint density at radius 1 is 1.50 bits per heavy atom. The number of aliphatic hydroxyl groups is 1. The quantitative estimate of drug-likeness (QED) is 0.675. The smallest absolute Gasteiger partial charge is 0.0562 e. The van der Waals surface area contributed by atoms with Gasteiger partial charge < -0.3 is 9.84 Å². The third-order valence-electron chi connectivity index (χ3n) is 1.33. The van der Waals surface area contributed by atoms with Crippen LogP contribution in [-0.4, -0.2) is 30.3 Å². The molecule has 0 aliphatic carbocycles. The number of hydrogen-bond donors (Lipinski definition) is 1. The molecule has 0 saturated carbocycles. The number of methoxy groups -OCH3 is 1. The van der Waals surface area contributed by atoms with E-state index in [2.05, 4.69) is 15.9 Å². The Hall–Kier alpha value is 0.400. The minimum absolute atomic E-state index is 0.183. The second kappa shape index (κ2) is 7.51. The summed E-state index contributed by atoms with van der Waals surface area (Å²) in [5.41, 5.74) is 0. The minimum Gasteiger partial charge on any atom is -0.393 e. The first-order chi connectivity index (χ1) is 4.81. The van der Waals surface area contributed by atoms with Gasteiger partial charge in [-0.15, -0.1) is 0 Å². The lowest BCUT2D eigenvalue weighted by molar-refractivity contribution is 0.104. The number of aliphatic hydroxyl groups excluding tert-OH is 1. The van der Waals surface area contributed by atoms with Crippen LogP contribution >= 0.6 is 15.9 Å². The predicted molar refractivity (Wildman–Crippen MR) is 45.5 cm³/mol. The highest BCUT2D eigenvalue weighted by atomic mass is 79.9. The molecule has 0 fully saturated rings. The molecule has 0 bridgehead atoms. The van der Waals surface area contributed by atoms with Crippen molar-refractivity contribution in [3.05, 3.63) is 0 Å². The monoisotopic (exact) mass is 210 g/mol. The molecule has 1 unspecified atom stereocenters. The summed E-state index contributed by atoms with van der Waals surface area (Å²) < 4.78 is 4.82. The number of rotatable bonds is 6. The van der Waals surface area contributed by atoms with E-state index in [0.717, 1.165) is 24.6 Å². The molecule has 0 aliphatic heterocycles. The topological polar surface area (TPSA) is 29.5 Å². The zero-order valence-corrected chi connectivity index (χ0v) is 7.93. The Kier molecular flexibility index (Phi) is 7.81. The van der Waals surface area contributed by atoms with Gasteiger partial charge in [-0.05, 0) is 19.3 Å². The van der Waals surface area contributed by atoms with Gasteiger partial charge in [-0.2, -0.15) is 0 Å². The van der Waals surface area contributed by atoms with Crippen LogP contribution in [0.5, 0.6) is 0 Å². The lowest BCUT2D eigenvalue weighted by atomic mass is 10.1. The van der Waals surface area contributed by atoms with Gasteiger partial charge in [0.2, 0.25) is 0 Å². The maximum Gasteiger partial charge on any atom is 0.0562 e. The largest absolute Gasteiger partial charge is 0.393 e. The van der Waals surface area contributed by atoms with Gasteiger partial charge in [0, 0.05) is 19.0 Å². The van der Waals surface area contributed by atoms with Gasteiger partial charge in [0.25, 0.3) is 0 Å². The fourth-order valence-electron chi connectivity index (χ4n) is 0.711. The van der Waals surface area contributed by atoms with Gasteiger partial charge in [-0.25, -0.2) is 0 Å². The van der Waals surface area contributed by atoms with E-state index in [-0.39, 0.29) is 6.10 Å². The van der Waals surface area contributed by atoms with Gasteiger partial charge >= 0.3 is 0 Å². The van der Waals surface area contributed by atoms with Gasteiger partial charge in [-0.1, -0.05) is 15.9 Å². The number of halogens is 1. The normalized spacial score (nSPS) is 13.5. The second-order valence-corrected chi connectivity index (χ2v) is 3.06. The van der Waals surface area contributed by atoms with E-state index in [1.165, 1.54) is 0 Å². The van der Waals surface area contributed by atoms with Crippen LogP contribution in [0.4, 0.5) is 0 Å². The van der Waals surface area contributed by atoms with Crippen molar-refractivity contribution in [1.29, 1.82) is 0 Å². The van der Waals surface area contributed by atoms with Crippen LogP contribution in [0, 0.1) is 0 Å². The molecular formula is C7H15BrO2. The molecule has 0 rings (SSSR count). The van der Waals surface area contributed by atoms with Crippen molar-refractivity contribution in [3.8, 4) is 0 Å². The highest BCUT2D eigenvalue weighted by molar-refractivity contribution is 9.09. The molecule has 10 heavy (non-hydrogen) atoms. The van der Waals surface area contributed by atoms with Crippen molar-refractivity contribution in [3.63, 3.8) is 0 Å². The molecule has 0 aliphatic rings. The molecule has 0 radical (unpaired) electrons. The Balaban J connectivity index is 3.00. The molecule has 3 heteroatoms. The molecular weight excluding hydrogens is 196 g/mol. The van der Waals surface area contributed by atoms with Gasteiger partial charge in [0.05, 0.1) is 6.10 Å². The van der Waals surface area contributed by atoms with Crippen molar-refractivity contribution in [1.82, 2.24) is 0 Å². The first kappa shape index (κ1) is 10.4. The Morgan fingerprint density at radius 2 is 2.20 bits per heavy atom. The van der Waals surface area contributed by atoms with Crippen LogP contribution in [0.25, 0.3) is 0 Å². The summed E-state index contributed by atoms with van der Waals surface area (Å²) in [5.74, 6) is 0. The maximum absolute atomic E-state index is 9.21. The van der Waals surface area contributed by atoms with Crippen LogP contribution in [0.1, 0.15) is 19.3 Å². The summed E-state index contributed by atoms with van der Waals surface area (Å²) in [5, 5.41) is 10.2. The third-order valence-corrected chi connectivity index (χ3v) is 1.89. The van der Waals surface area contributed by atoms with Crippen molar-refractivity contribution >= 4 is 15.9 Å². The molecule has 0 amide bonds. The first-order valence-corrected chi connectivity index (χ1v) is 4.66. The van der Waals surface area contributed by atoms with Crippen molar-refractivity contribution < 1.29 is 9.84 Å². The second-order valence-electron chi connectivity index (χ2n) is 2.27. The van der Waals surface area contributed by atoms with Crippen molar-refractivity contribution in [2.45, 2.75) is 25.4 Å². The summed E-state index contributed by atoms with van der Waals surface area (Å²) in [6, 6.07) is 0. The average molecular weight is 211 g/mol. The zero-order chi connectivity index (χ0) is 7.82. The van der Waals surface area contributed by atoms with Gasteiger partial charge in [0.1, 0.15) is 0 Å². The van der Waals surface area contributed by atoms with Crippen LogP contribution in [0.15, 0.2) is 0 Å². The summed E-state index contributed by atoms with van der Waals surface area (Å²) in [6.07, 6.45) is 2.47. The fraction of sp³-hybridized carbons (Fsp3) is 1.00. The van der Waals surface area contributed by atoms with E-state index >= 15 is 0 Å². The molecule has 1 N–H and O–H groups in total. The molecule has 62 valence electrons. The highest BCUT2D eigenvalue weighted by Gasteiger charge is 2.01. The van der Waals surface area contributed by atoms with E-state index < -0.39 is 0 Å². The lowest BCUT2D eigenvalue weighted by Crippen LogP contribution is -2.09. The van der Waals surface area contributed by atoms with Crippen molar-refractivity contribution in [2.24, 2.45) is 0 Å². The summed E-state index contributed by atoms with van der Waals surface area (Å²) in [7, 11) is 1.65. The molecule has 0 saturated heterocycles. The zero-order valence-electron chi connectivity index (χ0n) is 6.35. The maximum atomic E-state index is 9.21. The summed E-state index contributed by atoms with van der Waals surface area (Å²) in [6.45, 7) is 0.656. The molecule has 0 aromatic carbocycles. The minimum atomic E-state index is -0.183. The van der Waals surface area contributed by atoms with E-state index in [1.54, 1.807) is 7.11 Å². The van der Waals surface area contributed by atoms with E-state index in [1.807, 2.05) is 0 Å². The van der Waals surface area contributed by atoms with Crippen LogP contribution < -0.4 is 0 Å². The molecule has 0 aromatic heterocycles. The molecule has 0 aromatic rings. The van der Waals surface area contributed by atoms with Crippen LogP contribution in [-0.2, 0) is 4.74 Å². The van der Waals surface area contributed by atoms with E-state index in [4.69, 9.17) is 4.74 Å². The molecule has 0 heterocycles. The number of ether oxygens (including phenoxy) is 1. The number of alkyl halides is 1. The molecule has 1 atom stereocenters. The highest BCUT2D eigenvalue weighted by Crippen LogP contribution is 2.03. The molecule has 2 nitrogen and oxygen atoms in total.